The van der Waals surface area contributed by atoms with Crippen LogP contribution in [0.3, 0.4) is 0 Å². The third-order valence-electron chi connectivity index (χ3n) is 4.76. The van der Waals surface area contributed by atoms with E-state index in [1.807, 2.05) is 4.57 Å². The van der Waals surface area contributed by atoms with Crippen molar-refractivity contribution in [1.29, 1.82) is 0 Å². The van der Waals surface area contributed by atoms with Gasteiger partial charge in [-0.1, -0.05) is 44.9 Å². The average molecular weight is 425 g/mol. The number of nitrogens with one attached hydrogen (secondary N) is 2. The minimum atomic E-state index is -0.522. The number of rotatable bonds is 9. The molecule has 0 radical (unpaired) electrons. The molecule has 1 atom stereocenters. The molecule has 10 heteroatoms. The maximum atomic E-state index is 12.4. The van der Waals surface area contributed by atoms with Gasteiger partial charge < -0.3 is 15.6 Å². The molecule has 4 N–H and O–H groups in total. The Labute approximate surface area is 176 Å². The lowest BCUT2D eigenvalue weighted by Gasteiger charge is -2.23. The summed E-state index contributed by atoms with van der Waals surface area (Å²) in [6.07, 6.45) is 5.92. The molecule has 1 heterocycles. The summed E-state index contributed by atoms with van der Waals surface area (Å²) in [6, 6.07) is -0.304. The molecule has 0 aliphatic heterocycles. The summed E-state index contributed by atoms with van der Waals surface area (Å²) >= 11 is 1.24. The lowest BCUT2D eigenvalue weighted by molar-refractivity contribution is -0.119. The van der Waals surface area contributed by atoms with E-state index in [1.54, 1.807) is 6.92 Å². The highest BCUT2D eigenvalue weighted by molar-refractivity contribution is 8.00. The minimum absolute atomic E-state index is 0.140. The molecule has 2 rings (SSSR count). The van der Waals surface area contributed by atoms with Crippen LogP contribution in [0, 0.1) is 5.92 Å². The number of carbonyl (C=O) groups is 3. The number of aryl methyl sites for hydroxylation is 1. The Bertz CT molecular complexity index is 715. The van der Waals surface area contributed by atoms with E-state index in [1.165, 1.54) is 18.2 Å². The maximum Gasteiger partial charge on any atom is 0.321 e. The number of nitrogens with two attached hydrogens (primary N) is 1. The van der Waals surface area contributed by atoms with Crippen LogP contribution in [0.4, 0.5) is 4.79 Å². The number of carbonyl (C=O) groups excluding carboxylic acids is 3. The molecule has 9 nitrogen and oxygen atoms in total. The number of aromatic nitrogens is 3. The van der Waals surface area contributed by atoms with Crippen molar-refractivity contribution in [1.82, 2.24) is 25.4 Å². The van der Waals surface area contributed by atoms with Gasteiger partial charge in [-0.15, -0.1) is 10.2 Å². The first-order valence-electron chi connectivity index (χ1n) is 10.2. The Morgan fingerprint density at radius 1 is 1.17 bits per heavy atom. The summed E-state index contributed by atoms with van der Waals surface area (Å²) in [5, 5.41) is 13.7. The fourth-order valence-corrected chi connectivity index (χ4v) is 4.15. The van der Waals surface area contributed by atoms with E-state index in [0.29, 0.717) is 29.9 Å². The molecule has 4 amide bonds. The first-order valence-corrected chi connectivity index (χ1v) is 11.1. The lowest BCUT2D eigenvalue weighted by atomic mass is 9.96. The van der Waals surface area contributed by atoms with Crippen molar-refractivity contribution < 1.29 is 14.4 Å². The van der Waals surface area contributed by atoms with E-state index in [4.69, 9.17) is 5.73 Å². The number of hydrogen-bond acceptors (Lipinski definition) is 6. The average Bonchev–Trinajstić information content (AvgIpc) is 3.01. The minimum Gasteiger partial charge on any atom is -0.370 e. The maximum absolute atomic E-state index is 12.4. The fraction of sp³-hybridized carbons (Fsp3) is 0.737. The van der Waals surface area contributed by atoms with Crippen LogP contribution in [0.1, 0.15) is 65.1 Å². The molecule has 29 heavy (non-hydrogen) atoms. The Morgan fingerprint density at radius 3 is 2.48 bits per heavy atom. The van der Waals surface area contributed by atoms with Crippen LogP contribution in [0.25, 0.3) is 0 Å². The molecule has 1 aliphatic carbocycles. The molecule has 0 saturated heterocycles. The van der Waals surface area contributed by atoms with Gasteiger partial charge in [0, 0.05) is 25.4 Å². The molecule has 1 fully saturated rings. The molecule has 1 aromatic rings. The van der Waals surface area contributed by atoms with Crippen molar-refractivity contribution in [3.05, 3.63) is 5.82 Å². The largest absolute Gasteiger partial charge is 0.370 e. The van der Waals surface area contributed by atoms with Gasteiger partial charge in [-0.2, -0.15) is 0 Å². The lowest BCUT2D eigenvalue weighted by Crippen LogP contribution is -2.47. The van der Waals surface area contributed by atoms with Crippen LogP contribution in [0.5, 0.6) is 0 Å². The Hall–Kier alpha value is -2.10. The van der Waals surface area contributed by atoms with Crippen molar-refractivity contribution in [3.63, 3.8) is 0 Å². The first-order chi connectivity index (χ1) is 13.8. The zero-order chi connectivity index (χ0) is 21.4. The van der Waals surface area contributed by atoms with Crippen LogP contribution in [0.15, 0.2) is 5.16 Å². The van der Waals surface area contributed by atoms with Gasteiger partial charge in [0.1, 0.15) is 5.82 Å². The predicted octanol–water partition coefficient (Wildman–Crippen LogP) is 1.99. The predicted molar refractivity (Wildman–Crippen MR) is 111 cm³/mol. The standard InChI is InChI=1S/C19H32N6O3S/c1-12(2)11-25-16(10-9-15(20)26)23-24-19(25)29-13(3)17(27)22-18(28)21-14-7-5-4-6-8-14/h12-14H,4-11H2,1-3H3,(H2,20,26)(H2,21,22,27,28)/t13-/m0/s1. The third-order valence-corrected chi connectivity index (χ3v) is 5.85. The van der Waals surface area contributed by atoms with Gasteiger partial charge >= 0.3 is 6.03 Å². The van der Waals surface area contributed by atoms with Crippen LogP contribution in [-0.4, -0.2) is 43.9 Å². The fourth-order valence-electron chi connectivity index (χ4n) is 3.27. The van der Waals surface area contributed by atoms with Gasteiger partial charge in [-0.05, 0) is 25.7 Å². The molecule has 0 unspecified atom stereocenters. The van der Waals surface area contributed by atoms with Crippen LogP contribution < -0.4 is 16.4 Å². The number of nitrogens with zero attached hydrogens (tertiary/aromatic N) is 3. The monoisotopic (exact) mass is 424 g/mol. The number of hydrogen-bond donors (Lipinski definition) is 3. The Balaban J connectivity index is 1.95. The molecule has 0 aromatic carbocycles. The van der Waals surface area contributed by atoms with Gasteiger partial charge in [0.15, 0.2) is 5.16 Å². The van der Waals surface area contributed by atoms with Gasteiger partial charge in [0.2, 0.25) is 11.8 Å². The van der Waals surface area contributed by atoms with Crippen LogP contribution in [-0.2, 0) is 22.6 Å². The molecule has 0 bridgehead atoms. The number of amides is 4. The summed E-state index contributed by atoms with van der Waals surface area (Å²) < 4.78 is 1.92. The molecule has 162 valence electrons. The molecule has 0 spiro atoms. The summed E-state index contributed by atoms with van der Waals surface area (Å²) in [6.45, 7) is 6.53. The molecular weight excluding hydrogens is 392 g/mol. The van der Waals surface area contributed by atoms with Crippen molar-refractivity contribution in [2.24, 2.45) is 11.7 Å². The number of primary amides is 1. The van der Waals surface area contributed by atoms with E-state index in [0.717, 1.165) is 25.7 Å². The number of urea groups is 1. The number of imide groups is 1. The SMILES string of the molecule is CC(C)Cn1c(CCC(N)=O)nnc1S[C@@H](C)C(=O)NC(=O)NC1CCCCC1. The highest BCUT2D eigenvalue weighted by Gasteiger charge is 2.23. The van der Waals surface area contributed by atoms with Gasteiger partial charge in [0.25, 0.3) is 0 Å². The van der Waals surface area contributed by atoms with Crippen LogP contribution >= 0.6 is 11.8 Å². The molecule has 1 aliphatic rings. The summed E-state index contributed by atoms with van der Waals surface area (Å²) in [5.74, 6) is 0.238. The normalized spacial score (nSPS) is 15.9. The molecule has 1 saturated carbocycles. The third kappa shape index (κ3) is 7.68. The van der Waals surface area contributed by atoms with Crippen molar-refractivity contribution >= 4 is 29.6 Å². The molecular formula is C19H32N6O3S. The van der Waals surface area contributed by atoms with E-state index < -0.39 is 17.2 Å². The molecule has 1 aromatic heterocycles. The zero-order valence-electron chi connectivity index (χ0n) is 17.4. The van der Waals surface area contributed by atoms with Crippen molar-refractivity contribution in [3.8, 4) is 0 Å². The quantitative estimate of drug-likeness (QED) is 0.519. The van der Waals surface area contributed by atoms with Gasteiger partial charge in [-0.25, -0.2) is 4.79 Å². The van der Waals surface area contributed by atoms with Gasteiger partial charge in [0.05, 0.1) is 5.25 Å². The Kier molecular flexibility index (Phi) is 8.94. The second-order valence-corrected chi connectivity index (χ2v) is 9.24. The topological polar surface area (TPSA) is 132 Å². The van der Waals surface area contributed by atoms with Crippen molar-refractivity contribution in [2.75, 3.05) is 0 Å². The van der Waals surface area contributed by atoms with Crippen molar-refractivity contribution in [2.45, 2.75) is 88.7 Å². The highest BCUT2D eigenvalue weighted by Crippen LogP contribution is 2.24. The number of thioether (sulfide) groups is 1. The Morgan fingerprint density at radius 2 is 1.86 bits per heavy atom. The van der Waals surface area contributed by atoms with Gasteiger partial charge in [-0.3, -0.25) is 14.9 Å². The summed E-state index contributed by atoms with van der Waals surface area (Å²) in [4.78, 5) is 35.7. The van der Waals surface area contributed by atoms with E-state index in [-0.39, 0.29) is 18.4 Å². The summed E-state index contributed by atoms with van der Waals surface area (Å²) in [5.41, 5.74) is 5.24. The zero-order valence-corrected chi connectivity index (χ0v) is 18.3. The van der Waals surface area contributed by atoms with E-state index in [9.17, 15) is 14.4 Å². The smallest absolute Gasteiger partial charge is 0.321 e. The second kappa shape index (κ2) is 11.2. The summed E-state index contributed by atoms with van der Waals surface area (Å²) in [7, 11) is 0. The first kappa shape index (κ1) is 23.2. The van der Waals surface area contributed by atoms with E-state index >= 15 is 0 Å². The van der Waals surface area contributed by atoms with Crippen LogP contribution in [0.2, 0.25) is 0 Å². The van der Waals surface area contributed by atoms with E-state index in [2.05, 4.69) is 34.7 Å². The highest BCUT2D eigenvalue weighted by atomic mass is 32.2. The second-order valence-electron chi connectivity index (χ2n) is 7.93.